The molecule has 0 radical (unpaired) electrons. The van der Waals surface area contributed by atoms with Crippen LogP contribution < -0.4 is 0 Å². The van der Waals surface area contributed by atoms with Gasteiger partial charge in [0.1, 0.15) is 0 Å². The highest BCUT2D eigenvalue weighted by molar-refractivity contribution is 7.17. The first-order chi connectivity index (χ1) is 14.4. The maximum absolute atomic E-state index is 9.55. The third-order valence-electron chi connectivity index (χ3n) is 4.62. The van der Waals surface area contributed by atoms with Gasteiger partial charge >= 0.3 is 11.9 Å². The summed E-state index contributed by atoms with van der Waals surface area (Å²) in [4.78, 5) is 31.3. The lowest BCUT2D eigenvalue weighted by Gasteiger charge is -2.31. The second-order valence-corrected chi connectivity index (χ2v) is 8.06. The fourth-order valence-corrected chi connectivity index (χ4v) is 4.04. The molecule has 30 heavy (non-hydrogen) atoms. The van der Waals surface area contributed by atoms with Crippen LogP contribution in [0.5, 0.6) is 0 Å². The summed E-state index contributed by atoms with van der Waals surface area (Å²) in [5, 5.41) is 15.6. The zero-order valence-electron chi connectivity index (χ0n) is 16.6. The molecule has 1 fully saturated rings. The fourth-order valence-electron chi connectivity index (χ4n) is 3.03. The molecule has 8 nitrogen and oxygen atoms in total. The van der Waals surface area contributed by atoms with Gasteiger partial charge in [0.05, 0.1) is 5.69 Å². The van der Waals surface area contributed by atoms with Crippen LogP contribution in [0, 0.1) is 0 Å². The standard InChI is InChI=1S/C17H20N4S.C4H4O4/c1-19-7-9-20(10-8-19)11-15-12-21-13-16(18-17(21)22-15)14-5-3-2-4-6-14;5-3(6)1-2-4(7)8/h2-6,12-13H,7-11H2,1H3;1-2H,(H,5,6)(H,7,8). The van der Waals surface area contributed by atoms with Crippen molar-refractivity contribution in [2.24, 2.45) is 0 Å². The number of likely N-dealkylation sites (N-methyl/N-ethyl adjacent to an activating group) is 1. The number of carbonyl (C=O) groups is 2. The van der Waals surface area contributed by atoms with Crippen molar-refractivity contribution in [3.05, 3.63) is 59.8 Å². The molecule has 0 atom stereocenters. The molecule has 4 rings (SSSR count). The number of piperazine rings is 1. The topological polar surface area (TPSA) is 98.4 Å². The molecule has 0 saturated carbocycles. The zero-order chi connectivity index (χ0) is 21.5. The average molecular weight is 429 g/mol. The summed E-state index contributed by atoms with van der Waals surface area (Å²) < 4.78 is 2.17. The first kappa shape index (κ1) is 21.7. The molecule has 9 heteroatoms. The lowest BCUT2D eigenvalue weighted by atomic mass is 10.2. The lowest BCUT2D eigenvalue weighted by molar-refractivity contribution is -0.134. The Bertz CT molecular complexity index is 973. The summed E-state index contributed by atoms with van der Waals surface area (Å²) in [6, 6.07) is 10.4. The Morgan fingerprint density at radius 3 is 2.23 bits per heavy atom. The average Bonchev–Trinajstić information content (AvgIpc) is 3.28. The summed E-state index contributed by atoms with van der Waals surface area (Å²) in [5.41, 5.74) is 2.23. The molecule has 2 aromatic heterocycles. The van der Waals surface area contributed by atoms with Crippen LogP contribution in [0.25, 0.3) is 16.2 Å². The Balaban J connectivity index is 0.000000275. The van der Waals surface area contributed by atoms with Crippen molar-refractivity contribution in [3.63, 3.8) is 0 Å². The molecular weight excluding hydrogens is 404 g/mol. The van der Waals surface area contributed by atoms with Crippen molar-refractivity contribution in [3.8, 4) is 11.3 Å². The van der Waals surface area contributed by atoms with Crippen molar-refractivity contribution in [2.75, 3.05) is 33.2 Å². The van der Waals surface area contributed by atoms with Crippen LogP contribution in [-0.4, -0.2) is 74.6 Å². The van der Waals surface area contributed by atoms with Crippen molar-refractivity contribution in [1.82, 2.24) is 19.2 Å². The van der Waals surface area contributed by atoms with Crippen molar-refractivity contribution in [1.29, 1.82) is 0 Å². The normalized spacial score (nSPS) is 15.2. The number of thiazole rings is 1. The predicted molar refractivity (Wildman–Crippen MR) is 116 cm³/mol. The number of imidazole rings is 1. The van der Waals surface area contributed by atoms with Gasteiger partial charge in [-0.1, -0.05) is 41.7 Å². The molecule has 1 saturated heterocycles. The van der Waals surface area contributed by atoms with Gasteiger partial charge in [-0.25, -0.2) is 14.6 Å². The molecule has 1 aliphatic rings. The van der Waals surface area contributed by atoms with E-state index in [1.54, 1.807) is 11.3 Å². The Morgan fingerprint density at radius 1 is 1.03 bits per heavy atom. The third kappa shape index (κ3) is 6.24. The molecule has 0 aliphatic carbocycles. The van der Waals surface area contributed by atoms with Gasteiger partial charge in [0, 0.05) is 67.7 Å². The van der Waals surface area contributed by atoms with Crippen LogP contribution in [-0.2, 0) is 16.1 Å². The number of nitrogens with zero attached hydrogens (tertiary/aromatic N) is 4. The highest BCUT2D eigenvalue weighted by Crippen LogP contribution is 2.24. The maximum atomic E-state index is 9.55. The Kier molecular flexibility index (Phi) is 7.34. The number of carboxylic acids is 2. The molecule has 3 aromatic rings. The number of carboxylic acid groups (broad SMARTS) is 2. The first-order valence-corrected chi connectivity index (χ1v) is 10.3. The molecule has 0 amide bonds. The predicted octanol–water partition coefficient (Wildman–Crippen LogP) is 2.52. The van der Waals surface area contributed by atoms with Crippen LogP contribution in [0.15, 0.2) is 54.9 Å². The summed E-state index contributed by atoms with van der Waals surface area (Å²) in [6.07, 6.45) is 5.48. The summed E-state index contributed by atoms with van der Waals surface area (Å²) >= 11 is 1.80. The highest BCUT2D eigenvalue weighted by Gasteiger charge is 2.15. The molecule has 0 bridgehead atoms. The monoisotopic (exact) mass is 428 g/mol. The summed E-state index contributed by atoms with van der Waals surface area (Å²) in [6.45, 7) is 5.70. The van der Waals surface area contributed by atoms with Gasteiger partial charge in [-0.15, -0.1) is 0 Å². The molecule has 2 N–H and O–H groups in total. The number of rotatable bonds is 5. The van der Waals surface area contributed by atoms with Gasteiger partial charge in [0.15, 0.2) is 4.96 Å². The van der Waals surface area contributed by atoms with Crippen LogP contribution in [0.2, 0.25) is 0 Å². The minimum absolute atomic E-state index is 0.558. The number of benzene rings is 1. The fraction of sp³-hybridized carbons (Fsp3) is 0.286. The Morgan fingerprint density at radius 2 is 1.67 bits per heavy atom. The van der Waals surface area contributed by atoms with E-state index in [1.165, 1.54) is 23.5 Å². The SMILES string of the molecule is CN1CCN(Cc2cn3cc(-c4ccccc4)nc3s2)CC1.O=C(O)C=CC(=O)O. The van der Waals surface area contributed by atoms with Crippen LogP contribution in [0.4, 0.5) is 0 Å². The second kappa shape index (κ2) is 10.1. The molecule has 0 unspecified atom stereocenters. The Hall–Kier alpha value is -3.01. The van der Waals surface area contributed by atoms with Gasteiger partial charge in [-0.2, -0.15) is 0 Å². The van der Waals surface area contributed by atoms with E-state index in [9.17, 15) is 9.59 Å². The lowest BCUT2D eigenvalue weighted by Crippen LogP contribution is -2.43. The quantitative estimate of drug-likeness (QED) is 0.603. The van der Waals surface area contributed by atoms with E-state index in [1.807, 2.05) is 6.07 Å². The summed E-state index contributed by atoms with van der Waals surface area (Å²) in [7, 11) is 2.20. The molecule has 1 aliphatic heterocycles. The van der Waals surface area contributed by atoms with Gasteiger partial charge in [-0.05, 0) is 7.05 Å². The van der Waals surface area contributed by atoms with Crippen molar-refractivity contribution in [2.45, 2.75) is 6.54 Å². The minimum atomic E-state index is -1.26. The van der Waals surface area contributed by atoms with Crippen molar-refractivity contribution < 1.29 is 19.8 Å². The van der Waals surface area contributed by atoms with Gasteiger partial charge in [0.25, 0.3) is 0 Å². The number of fused-ring (bicyclic) bond motifs is 1. The summed E-state index contributed by atoms with van der Waals surface area (Å²) in [5.74, 6) is -2.51. The van der Waals surface area contributed by atoms with Crippen LogP contribution in [0.1, 0.15) is 4.88 Å². The van der Waals surface area contributed by atoms with E-state index >= 15 is 0 Å². The van der Waals surface area contributed by atoms with Crippen molar-refractivity contribution >= 4 is 28.2 Å². The van der Waals surface area contributed by atoms with Crippen LogP contribution >= 0.6 is 11.3 Å². The molecule has 0 spiro atoms. The second-order valence-electron chi connectivity index (χ2n) is 6.97. The number of aromatic nitrogens is 2. The number of hydrogen-bond donors (Lipinski definition) is 2. The van der Waals surface area contributed by atoms with E-state index in [0.717, 1.165) is 30.3 Å². The van der Waals surface area contributed by atoms with Gasteiger partial charge in [0.2, 0.25) is 0 Å². The third-order valence-corrected chi connectivity index (χ3v) is 5.60. The molecule has 3 heterocycles. The largest absolute Gasteiger partial charge is 0.478 e. The van der Waals surface area contributed by atoms with E-state index in [0.29, 0.717) is 12.2 Å². The van der Waals surface area contributed by atoms with E-state index in [-0.39, 0.29) is 0 Å². The highest BCUT2D eigenvalue weighted by atomic mass is 32.1. The molecule has 158 valence electrons. The maximum Gasteiger partial charge on any atom is 0.328 e. The van der Waals surface area contributed by atoms with Gasteiger partial charge < -0.3 is 15.1 Å². The van der Waals surface area contributed by atoms with E-state index in [4.69, 9.17) is 15.2 Å². The Labute approximate surface area is 178 Å². The minimum Gasteiger partial charge on any atom is -0.478 e. The molecular formula is C21H24N4O4S. The number of hydrogen-bond acceptors (Lipinski definition) is 6. The van der Waals surface area contributed by atoms with Gasteiger partial charge in [-0.3, -0.25) is 9.30 Å². The van der Waals surface area contributed by atoms with E-state index in [2.05, 4.69) is 57.9 Å². The van der Waals surface area contributed by atoms with Crippen LogP contribution in [0.3, 0.4) is 0 Å². The first-order valence-electron chi connectivity index (χ1n) is 9.48. The smallest absolute Gasteiger partial charge is 0.328 e. The molecule has 1 aromatic carbocycles. The van der Waals surface area contributed by atoms with E-state index < -0.39 is 11.9 Å². The number of aliphatic carboxylic acids is 2. The zero-order valence-corrected chi connectivity index (χ0v) is 17.5.